The standard InChI is InChI=1S/C19H25N3OS/c1-13-10-11-17(16-9-5-8-15(13)16)23-12-18-20-21-19(24)22(18)14-6-3-2-4-7-14/h10-11,14H,2-9,12H2,1H3,(H,21,24). The van der Waals surface area contributed by atoms with Crippen molar-refractivity contribution in [2.75, 3.05) is 0 Å². The second-order valence-corrected chi connectivity index (χ2v) is 7.47. The van der Waals surface area contributed by atoms with Gasteiger partial charge in [-0.15, -0.1) is 0 Å². The van der Waals surface area contributed by atoms with Crippen LogP contribution in [-0.4, -0.2) is 14.8 Å². The summed E-state index contributed by atoms with van der Waals surface area (Å²) in [5, 5.41) is 7.41. The molecule has 0 spiro atoms. The first kappa shape index (κ1) is 15.9. The fourth-order valence-corrected chi connectivity index (χ4v) is 4.59. The van der Waals surface area contributed by atoms with E-state index in [0.717, 1.165) is 22.8 Å². The normalized spacial score (nSPS) is 17.9. The van der Waals surface area contributed by atoms with Crippen molar-refractivity contribution >= 4 is 12.2 Å². The highest BCUT2D eigenvalue weighted by atomic mass is 32.1. The van der Waals surface area contributed by atoms with E-state index in [1.807, 2.05) is 0 Å². The van der Waals surface area contributed by atoms with Gasteiger partial charge in [-0.3, -0.25) is 9.67 Å². The summed E-state index contributed by atoms with van der Waals surface area (Å²) < 4.78 is 9.11. The number of aryl methyl sites for hydroxylation is 1. The summed E-state index contributed by atoms with van der Waals surface area (Å²) in [5.41, 5.74) is 4.27. The molecule has 4 nitrogen and oxygen atoms in total. The fraction of sp³-hybridized carbons (Fsp3) is 0.579. The molecule has 0 radical (unpaired) electrons. The second kappa shape index (κ2) is 6.71. The molecule has 1 aromatic heterocycles. The molecule has 2 aliphatic carbocycles. The minimum absolute atomic E-state index is 0.479. The molecule has 1 fully saturated rings. The number of nitrogens with one attached hydrogen (secondary N) is 1. The van der Waals surface area contributed by atoms with Gasteiger partial charge in [-0.25, -0.2) is 0 Å². The van der Waals surface area contributed by atoms with Crippen LogP contribution in [0.1, 0.15) is 67.1 Å². The van der Waals surface area contributed by atoms with Crippen LogP contribution in [-0.2, 0) is 19.4 Å². The Morgan fingerprint density at radius 2 is 1.96 bits per heavy atom. The van der Waals surface area contributed by atoms with Crippen LogP contribution in [0, 0.1) is 11.7 Å². The number of nitrogens with zero attached hydrogens (tertiary/aromatic N) is 2. The van der Waals surface area contributed by atoms with Gasteiger partial charge in [0, 0.05) is 6.04 Å². The molecule has 0 atom stereocenters. The van der Waals surface area contributed by atoms with E-state index in [4.69, 9.17) is 17.0 Å². The highest BCUT2D eigenvalue weighted by Gasteiger charge is 2.21. The minimum atomic E-state index is 0.479. The van der Waals surface area contributed by atoms with Crippen LogP contribution in [0.5, 0.6) is 5.75 Å². The average molecular weight is 343 g/mol. The van der Waals surface area contributed by atoms with Crippen LogP contribution in [0.2, 0.25) is 0 Å². The summed E-state index contributed by atoms with van der Waals surface area (Å²) in [4.78, 5) is 0. The molecule has 1 heterocycles. The Hall–Kier alpha value is -1.62. The predicted molar refractivity (Wildman–Crippen MR) is 97.1 cm³/mol. The summed E-state index contributed by atoms with van der Waals surface area (Å²) >= 11 is 5.47. The zero-order valence-corrected chi connectivity index (χ0v) is 15.1. The predicted octanol–water partition coefficient (Wildman–Crippen LogP) is 4.82. The van der Waals surface area contributed by atoms with Gasteiger partial charge in [0.15, 0.2) is 10.6 Å². The first-order chi connectivity index (χ1) is 11.7. The molecule has 0 amide bonds. The first-order valence-electron chi connectivity index (χ1n) is 9.14. The Bertz CT molecular complexity index is 786. The lowest BCUT2D eigenvalue weighted by Gasteiger charge is -2.24. The Labute approximate surface area is 148 Å². The lowest BCUT2D eigenvalue weighted by atomic mass is 9.95. The van der Waals surface area contributed by atoms with Crippen molar-refractivity contribution in [2.24, 2.45) is 0 Å². The third-order valence-electron chi connectivity index (χ3n) is 5.55. The molecule has 0 saturated heterocycles. The number of ether oxygens (including phenoxy) is 1. The summed E-state index contributed by atoms with van der Waals surface area (Å²) in [6.45, 7) is 2.68. The Balaban J connectivity index is 1.55. The maximum atomic E-state index is 6.19. The van der Waals surface area contributed by atoms with Crippen molar-refractivity contribution in [1.29, 1.82) is 0 Å². The Kier molecular flexibility index (Phi) is 4.44. The number of fused-ring (bicyclic) bond motifs is 1. The van der Waals surface area contributed by atoms with Gasteiger partial charge in [-0.1, -0.05) is 25.3 Å². The topological polar surface area (TPSA) is 42.8 Å². The van der Waals surface area contributed by atoms with Gasteiger partial charge in [0.05, 0.1) is 0 Å². The molecule has 24 heavy (non-hydrogen) atoms. The molecule has 2 aliphatic rings. The van der Waals surface area contributed by atoms with Crippen molar-refractivity contribution in [3.05, 3.63) is 39.4 Å². The maximum absolute atomic E-state index is 6.19. The van der Waals surface area contributed by atoms with Crippen LogP contribution in [0.4, 0.5) is 0 Å². The van der Waals surface area contributed by atoms with Gasteiger partial charge in [0.1, 0.15) is 12.4 Å². The van der Waals surface area contributed by atoms with Crippen LogP contribution in [0.15, 0.2) is 12.1 Å². The van der Waals surface area contributed by atoms with Crippen molar-refractivity contribution < 1.29 is 4.74 Å². The second-order valence-electron chi connectivity index (χ2n) is 7.09. The largest absolute Gasteiger partial charge is 0.485 e. The molecule has 5 heteroatoms. The zero-order valence-electron chi connectivity index (χ0n) is 14.3. The zero-order chi connectivity index (χ0) is 16.5. The number of benzene rings is 1. The van der Waals surface area contributed by atoms with Crippen molar-refractivity contribution in [1.82, 2.24) is 14.8 Å². The number of H-pyrrole nitrogens is 1. The van der Waals surface area contributed by atoms with E-state index in [1.54, 1.807) is 0 Å². The van der Waals surface area contributed by atoms with E-state index in [0.29, 0.717) is 12.6 Å². The van der Waals surface area contributed by atoms with Crippen molar-refractivity contribution in [2.45, 2.75) is 70.9 Å². The average Bonchev–Trinajstić information content (AvgIpc) is 3.23. The molecule has 0 bridgehead atoms. The van der Waals surface area contributed by atoms with Crippen LogP contribution < -0.4 is 4.74 Å². The van der Waals surface area contributed by atoms with Crippen LogP contribution >= 0.6 is 12.2 Å². The third-order valence-corrected chi connectivity index (χ3v) is 5.84. The fourth-order valence-electron chi connectivity index (χ4n) is 4.29. The van der Waals surface area contributed by atoms with Gasteiger partial charge >= 0.3 is 0 Å². The number of aromatic nitrogens is 3. The summed E-state index contributed by atoms with van der Waals surface area (Å²) in [6.07, 6.45) is 9.83. The van der Waals surface area contributed by atoms with Crippen LogP contribution in [0.3, 0.4) is 0 Å². The summed E-state index contributed by atoms with van der Waals surface area (Å²) in [7, 11) is 0. The third kappa shape index (κ3) is 2.90. The number of rotatable bonds is 4. The number of hydrogen-bond acceptors (Lipinski definition) is 3. The SMILES string of the molecule is Cc1ccc(OCc2n[nH]c(=S)n2C2CCCCC2)c2c1CCC2. The maximum Gasteiger partial charge on any atom is 0.195 e. The van der Waals surface area contributed by atoms with E-state index >= 15 is 0 Å². The molecular weight excluding hydrogens is 318 g/mol. The van der Waals surface area contributed by atoms with Gasteiger partial charge in [-0.05, 0) is 74.0 Å². The molecule has 0 aliphatic heterocycles. The highest BCUT2D eigenvalue weighted by Crippen LogP contribution is 2.34. The first-order valence-corrected chi connectivity index (χ1v) is 9.55. The minimum Gasteiger partial charge on any atom is -0.485 e. The number of aromatic amines is 1. The monoisotopic (exact) mass is 343 g/mol. The Morgan fingerprint density at radius 3 is 2.79 bits per heavy atom. The smallest absolute Gasteiger partial charge is 0.195 e. The van der Waals surface area contributed by atoms with Gasteiger partial charge in [-0.2, -0.15) is 5.10 Å². The van der Waals surface area contributed by atoms with Crippen LogP contribution in [0.25, 0.3) is 0 Å². The molecule has 128 valence electrons. The van der Waals surface area contributed by atoms with Gasteiger partial charge in [0.2, 0.25) is 0 Å². The number of hydrogen-bond donors (Lipinski definition) is 1. The van der Waals surface area contributed by atoms with Crippen molar-refractivity contribution in [3.8, 4) is 5.75 Å². The van der Waals surface area contributed by atoms with E-state index in [9.17, 15) is 0 Å². The molecule has 4 rings (SSSR count). The van der Waals surface area contributed by atoms with E-state index in [2.05, 4.69) is 33.8 Å². The Morgan fingerprint density at radius 1 is 1.17 bits per heavy atom. The van der Waals surface area contributed by atoms with E-state index in [1.165, 1.54) is 61.6 Å². The quantitative estimate of drug-likeness (QED) is 0.809. The van der Waals surface area contributed by atoms with Gasteiger partial charge < -0.3 is 4.74 Å². The van der Waals surface area contributed by atoms with Gasteiger partial charge in [0.25, 0.3) is 0 Å². The molecular formula is C19H25N3OS. The molecule has 2 aromatic rings. The highest BCUT2D eigenvalue weighted by molar-refractivity contribution is 7.71. The lowest BCUT2D eigenvalue weighted by Crippen LogP contribution is -2.17. The molecule has 0 unspecified atom stereocenters. The summed E-state index contributed by atoms with van der Waals surface area (Å²) in [6, 6.07) is 4.77. The molecule has 1 aromatic carbocycles. The van der Waals surface area contributed by atoms with E-state index < -0.39 is 0 Å². The molecule has 1 saturated carbocycles. The van der Waals surface area contributed by atoms with Crippen molar-refractivity contribution in [3.63, 3.8) is 0 Å². The van der Waals surface area contributed by atoms with E-state index in [-0.39, 0.29) is 0 Å². The molecule has 1 N–H and O–H groups in total. The summed E-state index contributed by atoms with van der Waals surface area (Å²) in [5.74, 6) is 1.96. The lowest BCUT2D eigenvalue weighted by molar-refractivity contribution is 0.268.